The second kappa shape index (κ2) is 6.52. The van der Waals surface area contributed by atoms with Gasteiger partial charge >= 0.3 is 0 Å². The van der Waals surface area contributed by atoms with E-state index in [1.807, 2.05) is 17.1 Å². The molecule has 0 aliphatic carbocycles. The maximum atomic E-state index is 4.39. The van der Waals surface area contributed by atoms with Gasteiger partial charge in [0, 0.05) is 43.6 Å². The third kappa shape index (κ3) is 3.44. The van der Waals surface area contributed by atoms with Crippen molar-refractivity contribution in [3.63, 3.8) is 0 Å². The topological polar surface area (TPSA) is 47.7 Å². The summed E-state index contributed by atoms with van der Waals surface area (Å²) in [4.78, 5) is 0. The first-order valence-electron chi connectivity index (χ1n) is 6.99. The Kier molecular flexibility index (Phi) is 4.74. The van der Waals surface area contributed by atoms with Gasteiger partial charge in [0.1, 0.15) is 0 Å². The van der Waals surface area contributed by atoms with Crippen LogP contribution in [-0.2, 0) is 19.6 Å². The average molecular weight is 261 g/mol. The van der Waals surface area contributed by atoms with Crippen molar-refractivity contribution in [2.45, 2.75) is 52.9 Å². The van der Waals surface area contributed by atoms with E-state index in [0.717, 1.165) is 26.1 Å². The molecule has 0 unspecified atom stereocenters. The van der Waals surface area contributed by atoms with E-state index in [2.05, 4.69) is 53.2 Å². The Morgan fingerprint density at radius 3 is 2.79 bits per heavy atom. The number of hydrogen-bond donors (Lipinski definition) is 1. The van der Waals surface area contributed by atoms with E-state index in [1.54, 1.807) is 0 Å². The molecule has 0 amide bonds. The van der Waals surface area contributed by atoms with Gasteiger partial charge in [0.15, 0.2) is 0 Å². The largest absolute Gasteiger partial charge is 0.307 e. The summed E-state index contributed by atoms with van der Waals surface area (Å²) in [5.74, 6) is 0. The van der Waals surface area contributed by atoms with Crippen molar-refractivity contribution in [2.75, 3.05) is 0 Å². The zero-order valence-electron chi connectivity index (χ0n) is 12.0. The summed E-state index contributed by atoms with van der Waals surface area (Å²) in [6.07, 6.45) is 6.97. The molecule has 5 heteroatoms. The minimum Gasteiger partial charge on any atom is -0.307 e. The summed E-state index contributed by atoms with van der Waals surface area (Å²) >= 11 is 0. The molecule has 5 nitrogen and oxygen atoms in total. The average Bonchev–Trinajstić information content (AvgIpc) is 3.06. The van der Waals surface area contributed by atoms with Gasteiger partial charge < -0.3 is 5.32 Å². The van der Waals surface area contributed by atoms with Crippen LogP contribution in [0.25, 0.3) is 0 Å². The lowest BCUT2D eigenvalue weighted by Gasteiger charge is -2.13. The lowest BCUT2D eigenvalue weighted by Crippen LogP contribution is -2.18. The number of aromatic nitrogens is 4. The number of aryl methyl sites for hydroxylation is 1. The molecule has 0 aliphatic rings. The van der Waals surface area contributed by atoms with Gasteiger partial charge in [0.05, 0.1) is 11.9 Å². The summed E-state index contributed by atoms with van der Waals surface area (Å²) in [5, 5.41) is 12.1. The number of hydrogen-bond acceptors (Lipinski definition) is 3. The molecule has 0 aromatic carbocycles. The normalized spacial score (nSPS) is 12.8. The molecule has 1 N–H and O–H groups in total. The van der Waals surface area contributed by atoms with E-state index < -0.39 is 0 Å². The zero-order valence-corrected chi connectivity index (χ0v) is 12.0. The van der Waals surface area contributed by atoms with Crippen LogP contribution in [0, 0.1) is 0 Å². The fourth-order valence-electron chi connectivity index (χ4n) is 2.06. The van der Waals surface area contributed by atoms with E-state index in [0.29, 0.717) is 6.04 Å². The minimum atomic E-state index is 0.453. The lowest BCUT2D eigenvalue weighted by atomic mass is 10.2. The van der Waals surface area contributed by atoms with Crippen molar-refractivity contribution in [3.05, 3.63) is 35.9 Å². The molecule has 2 aromatic rings. The van der Waals surface area contributed by atoms with Crippen LogP contribution >= 0.6 is 0 Å². The van der Waals surface area contributed by atoms with E-state index in [1.165, 1.54) is 11.3 Å². The molecule has 2 rings (SSSR count). The summed E-state index contributed by atoms with van der Waals surface area (Å²) < 4.78 is 4.04. The molecule has 1 atom stereocenters. The highest BCUT2D eigenvalue weighted by molar-refractivity contribution is 5.05. The van der Waals surface area contributed by atoms with Gasteiger partial charge in [-0.15, -0.1) is 0 Å². The van der Waals surface area contributed by atoms with Crippen LogP contribution in [0.5, 0.6) is 0 Å². The summed E-state index contributed by atoms with van der Waals surface area (Å²) in [6, 6.07) is 2.53. The molecule has 2 aromatic heterocycles. The first-order chi connectivity index (χ1) is 9.24. The van der Waals surface area contributed by atoms with Gasteiger partial charge in [0.2, 0.25) is 0 Å². The van der Waals surface area contributed by atoms with Crippen LogP contribution in [0.1, 0.15) is 44.5 Å². The van der Waals surface area contributed by atoms with Crippen molar-refractivity contribution in [1.82, 2.24) is 24.9 Å². The van der Waals surface area contributed by atoms with Crippen LogP contribution in [0.2, 0.25) is 0 Å². The maximum Gasteiger partial charge on any atom is 0.0534 e. The van der Waals surface area contributed by atoms with Gasteiger partial charge in [0.25, 0.3) is 0 Å². The standard InChI is InChI=1S/C14H23N5/c1-4-12(3)19-14(6-7-16-19)10-15-8-13-9-17-18(5-2)11-13/h6-7,9,11-12,15H,4-5,8,10H2,1-3H3/t12-/m0/s1. The van der Waals surface area contributed by atoms with Crippen molar-refractivity contribution in [2.24, 2.45) is 0 Å². The Morgan fingerprint density at radius 1 is 1.26 bits per heavy atom. The number of nitrogens with zero attached hydrogens (tertiary/aromatic N) is 4. The molecule has 0 saturated carbocycles. The maximum absolute atomic E-state index is 4.39. The van der Waals surface area contributed by atoms with Gasteiger partial charge in [-0.05, 0) is 26.3 Å². The minimum absolute atomic E-state index is 0.453. The first kappa shape index (κ1) is 13.8. The Balaban J connectivity index is 1.87. The molecule has 0 bridgehead atoms. The Labute approximate surface area is 114 Å². The Morgan fingerprint density at radius 2 is 2.11 bits per heavy atom. The quantitative estimate of drug-likeness (QED) is 0.832. The van der Waals surface area contributed by atoms with Crippen LogP contribution in [0.4, 0.5) is 0 Å². The first-order valence-corrected chi connectivity index (χ1v) is 6.99. The molecule has 0 spiro atoms. The zero-order chi connectivity index (χ0) is 13.7. The highest BCUT2D eigenvalue weighted by atomic mass is 15.3. The van der Waals surface area contributed by atoms with E-state index in [9.17, 15) is 0 Å². The van der Waals surface area contributed by atoms with Crippen LogP contribution in [-0.4, -0.2) is 19.6 Å². The fourth-order valence-corrected chi connectivity index (χ4v) is 2.06. The lowest BCUT2D eigenvalue weighted by molar-refractivity contribution is 0.451. The van der Waals surface area contributed by atoms with Gasteiger partial charge in [-0.3, -0.25) is 9.36 Å². The van der Waals surface area contributed by atoms with Gasteiger partial charge in [-0.2, -0.15) is 10.2 Å². The molecule has 0 fully saturated rings. The van der Waals surface area contributed by atoms with E-state index in [4.69, 9.17) is 0 Å². The molecular formula is C14H23N5. The second-order valence-electron chi connectivity index (χ2n) is 4.83. The smallest absolute Gasteiger partial charge is 0.0534 e. The van der Waals surface area contributed by atoms with Gasteiger partial charge in [-0.1, -0.05) is 6.92 Å². The highest BCUT2D eigenvalue weighted by Gasteiger charge is 2.07. The fraction of sp³-hybridized carbons (Fsp3) is 0.571. The second-order valence-corrected chi connectivity index (χ2v) is 4.83. The van der Waals surface area contributed by atoms with Crippen LogP contribution < -0.4 is 5.32 Å². The van der Waals surface area contributed by atoms with E-state index >= 15 is 0 Å². The molecular weight excluding hydrogens is 238 g/mol. The highest BCUT2D eigenvalue weighted by Crippen LogP contribution is 2.12. The third-order valence-corrected chi connectivity index (χ3v) is 3.41. The van der Waals surface area contributed by atoms with Crippen molar-refractivity contribution >= 4 is 0 Å². The molecule has 0 aliphatic heterocycles. The van der Waals surface area contributed by atoms with Gasteiger partial charge in [-0.25, -0.2) is 0 Å². The predicted octanol–water partition coefficient (Wildman–Crippen LogP) is 2.36. The van der Waals surface area contributed by atoms with Crippen LogP contribution in [0.3, 0.4) is 0 Å². The third-order valence-electron chi connectivity index (χ3n) is 3.41. The predicted molar refractivity (Wildman–Crippen MR) is 75.7 cm³/mol. The van der Waals surface area contributed by atoms with Crippen molar-refractivity contribution in [1.29, 1.82) is 0 Å². The Hall–Kier alpha value is -1.62. The summed E-state index contributed by atoms with van der Waals surface area (Å²) in [5.41, 5.74) is 2.45. The summed E-state index contributed by atoms with van der Waals surface area (Å²) in [6.45, 7) is 9.06. The van der Waals surface area contributed by atoms with Crippen molar-refractivity contribution in [3.8, 4) is 0 Å². The molecule has 0 saturated heterocycles. The Bertz CT molecular complexity index is 499. The monoisotopic (exact) mass is 261 g/mol. The summed E-state index contributed by atoms with van der Waals surface area (Å²) in [7, 11) is 0. The SMILES string of the molecule is CC[C@H](C)n1nccc1CNCc1cnn(CC)c1. The molecule has 2 heterocycles. The number of nitrogens with one attached hydrogen (secondary N) is 1. The van der Waals surface area contributed by atoms with Crippen LogP contribution in [0.15, 0.2) is 24.7 Å². The van der Waals surface area contributed by atoms with Crippen molar-refractivity contribution < 1.29 is 0 Å². The molecule has 104 valence electrons. The molecule has 19 heavy (non-hydrogen) atoms. The number of rotatable bonds is 7. The van der Waals surface area contributed by atoms with E-state index in [-0.39, 0.29) is 0 Å². The molecule has 0 radical (unpaired) electrons.